The van der Waals surface area contributed by atoms with Gasteiger partial charge in [0.2, 0.25) is 0 Å². The molecular formula is C48H29N7O. The molecule has 0 unspecified atom stereocenters. The molecule has 8 heteroatoms. The molecule has 11 rings (SSSR count). The van der Waals surface area contributed by atoms with E-state index in [1.807, 2.05) is 115 Å². The number of nitrogens with zero attached hydrogens (tertiary/aromatic N) is 7. The van der Waals surface area contributed by atoms with Crippen LogP contribution in [-0.2, 0) is 0 Å². The van der Waals surface area contributed by atoms with E-state index in [0.717, 1.165) is 83.3 Å². The summed E-state index contributed by atoms with van der Waals surface area (Å²) in [6.07, 6.45) is 0. The smallest absolute Gasteiger partial charge is 0.173 e. The van der Waals surface area contributed by atoms with E-state index in [2.05, 4.69) is 65.1 Å². The van der Waals surface area contributed by atoms with E-state index in [1.54, 1.807) is 0 Å². The molecule has 11 aromatic rings. The van der Waals surface area contributed by atoms with Crippen LogP contribution >= 0.6 is 0 Å². The lowest BCUT2D eigenvalue weighted by Gasteiger charge is -2.12. The third-order valence-electron chi connectivity index (χ3n) is 10.2. The van der Waals surface area contributed by atoms with Crippen LogP contribution in [0.1, 0.15) is 0 Å². The molecule has 8 nitrogen and oxygen atoms in total. The molecule has 0 saturated carbocycles. The number of furan rings is 1. The molecular weight excluding hydrogens is 691 g/mol. The highest BCUT2D eigenvalue weighted by Gasteiger charge is 2.22. The summed E-state index contributed by atoms with van der Waals surface area (Å²) in [4.78, 5) is 19.9. The maximum atomic E-state index is 6.45. The zero-order valence-electron chi connectivity index (χ0n) is 29.8. The largest absolute Gasteiger partial charge is 0.455 e. The van der Waals surface area contributed by atoms with E-state index in [1.165, 1.54) is 0 Å². The van der Waals surface area contributed by atoms with E-state index in [0.29, 0.717) is 23.3 Å². The summed E-state index contributed by atoms with van der Waals surface area (Å²) in [5.41, 5.74) is 9.79. The van der Waals surface area contributed by atoms with Gasteiger partial charge in [0.1, 0.15) is 17.0 Å². The summed E-state index contributed by atoms with van der Waals surface area (Å²) < 4.78 is 8.51. The van der Waals surface area contributed by atoms with Crippen LogP contribution in [0.5, 0.6) is 0 Å². The minimum Gasteiger partial charge on any atom is -0.455 e. The second kappa shape index (κ2) is 12.9. The zero-order chi connectivity index (χ0) is 37.0. The Kier molecular flexibility index (Phi) is 7.31. The SMILES string of the molecule is c1ccc(-c2nc(-c3ccccc3)nc(-c3ccc(-c4cccc(-c5nc6ccccc6c6nnc(-c7cccc8c7oc7ccccc78)n56)c4)cc3)n2)cc1. The summed E-state index contributed by atoms with van der Waals surface area (Å²) in [5, 5.41) is 12.6. The molecule has 0 radical (unpaired) electrons. The number of benzene rings is 7. The van der Waals surface area contributed by atoms with Crippen molar-refractivity contribution in [3.8, 4) is 68.1 Å². The van der Waals surface area contributed by atoms with Gasteiger partial charge in [0, 0.05) is 38.4 Å². The highest BCUT2D eigenvalue weighted by molar-refractivity contribution is 6.09. The second-order valence-corrected chi connectivity index (χ2v) is 13.6. The third kappa shape index (κ3) is 5.31. The quantitative estimate of drug-likeness (QED) is 0.169. The highest BCUT2D eigenvalue weighted by atomic mass is 16.3. The average Bonchev–Trinajstić information content (AvgIpc) is 3.90. The normalized spacial score (nSPS) is 11.6. The Morgan fingerprint density at radius 2 is 0.929 bits per heavy atom. The van der Waals surface area contributed by atoms with Crippen molar-refractivity contribution in [3.63, 3.8) is 0 Å². The van der Waals surface area contributed by atoms with Gasteiger partial charge in [0.25, 0.3) is 0 Å². The number of aromatic nitrogens is 7. The fourth-order valence-corrected chi connectivity index (χ4v) is 7.46. The molecule has 4 aromatic heterocycles. The van der Waals surface area contributed by atoms with Gasteiger partial charge in [-0.2, -0.15) is 0 Å². The van der Waals surface area contributed by atoms with Gasteiger partial charge in [0.15, 0.2) is 28.9 Å². The second-order valence-electron chi connectivity index (χ2n) is 13.6. The predicted molar refractivity (Wildman–Crippen MR) is 222 cm³/mol. The van der Waals surface area contributed by atoms with Crippen molar-refractivity contribution in [3.05, 3.63) is 176 Å². The Labute approximate surface area is 320 Å². The first-order valence-corrected chi connectivity index (χ1v) is 18.4. The summed E-state index contributed by atoms with van der Waals surface area (Å²) in [6, 6.07) is 59.1. The lowest BCUT2D eigenvalue weighted by Crippen LogP contribution is -2.00. The molecule has 0 aliphatic carbocycles. The standard InChI is InChI=1S/C48H29N7O/c1-3-13-31(14-4-1)43-50-44(32-15-5-2-6-16-32)52-45(51-43)33-27-25-30(26-28-33)34-17-11-18-35(29-34)46-49-40-23-9-7-20-38(40)47-53-54-48(55(46)47)39-22-12-21-37-36-19-8-10-24-41(36)56-42(37)39/h1-29H. The summed E-state index contributed by atoms with van der Waals surface area (Å²) in [7, 11) is 0. The molecule has 4 heterocycles. The van der Waals surface area contributed by atoms with Crippen molar-refractivity contribution in [1.29, 1.82) is 0 Å². The molecule has 0 bridgehead atoms. The molecule has 0 spiro atoms. The van der Waals surface area contributed by atoms with Crippen LogP contribution in [0.3, 0.4) is 0 Å². The maximum absolute atomic E-state index is 6.45. The van der Waals surface area contributed by atoms with Gasteiger partial charge in [-0.15, -0.1) is 10.2 Å². The van der Waals surface area contributed by atoms with Gasteiger partial charge in [-0.05, 0) is 41.5 Å². The lowest BCUT2D eigenvalue weighted by molar-refractivity contribution is 0.669. The van der Waals surface area contributed by atoms with Gasteiger partial charge in [-0.1, -0.05) is 146 Å². The Hall–Kier alpha value is -7.84. The summed E-state index contributed by atoms with van der Waals surface area (Å²) in [6.45, 7) is 0. The van der Waals surface area contributed by atoms with Crippen molar-refractivity contribution in [2.75, 3.05) is 0 Å². The molecule has 0 amide bonds. The van der Waals surface area contributed by atoms with Crippen molar-refractivity contribution in [2.45, 2.75) is 0 Å². The molecule has 0 aliphatic rings. The summed E-state index contributed by atoms with van der Waals surface area (Å²) in [5.74, 6) is 3.27. The number of para-hydroxylation sites is 3. The Morgan fingerprint density at radius 3 is 1.66 bits per heavy atom. The fourth-order valence-electron chi connectivity index (χ4n) is 7.46. The van der Waals surface area contributed by atoms with Gasteiger partial charge in [-0.3, -0.25) is 4.40 Å². The molecule has 0 N–H and O–H groups in total. The van der Waals surface area contributed by atoms with Crippen LogP contribution in [-0.4, -0.2) is 34.5 Å². The topological polar surface area (TPSA) is 94.9 Å². The molecule has 7 aromatic carbocycles. The monoisotopic (exact) mass is 719 g/mol. The van der Waals surface area contributed by atoms with Crippen LogP contribution in [0.15, 0.2) is 180 Å². The van der Waals surface area contributed by atoms with Crippen molar-refractivity contribution < 1.29 is 4.42 Å². The van der Waals surface area contributed by atoms with Crippen LogP contribution in [0, 0.1) is 0 Å². The van der Waals surface area contributed by atoms with Gasteiger partial charge in [0.05, 0.1) is 11.1 Å². The number of fused-ring (bicyclic) bond motifs is 6. The summed E-state index contributed by atoms with van der Waals surface area (Å²) >= 11 is 0. The molecule has 0 saturated heterocycles. The predicted octanol–water partition coefficient (Wildman–Crippen LogP) is 11.4. The van der Waals surface area contributed by atoms with Gasteiger partial charge < -0.3 is 4.42 Å². The van der Waals surface area contributed by atoms with Crippen molar-refractivity contribution in [2.24, 2.45) is 0 Å². The van der Waals surface area contributed by atoms with Crippen LogP contribution in [0.2, 0.25) is 0 Å². The Bertz CT molecular complexity index is 3190. The molecule has 0 fully saturated rings. The fraction of sp³-hybridized carbons (Fsp3) is 0. The van der Waals surface area contributed by atoms with Crippen molar-refractivity contribution in [1.82, 2.24) is 34.5 Å². The van der Waals surface area contributed by atoms with E-state index in [4.69, 9.17) is 34.6 Å². The number of rotatable bonds is 6. The minimum absolute atomic E-state index is 0.611. The molecule has 262 valence electrons. The lowest BCUT2D eigenvalue weighted by atomic mass is 10.0. The van der Waals surface area contributed by atoms with E-state index in [-0.39, 0.29) is 0 Å². The van der Waals surface area contributed by atoms with E-state index >= 15 is 0 Å². The average molecular weight is 720 g/mol. The molecule has 56 heavy (non-hydrogen) atoms. The molecule has 0 atom stereocenters. The van der Waals surface area contributed by atoms with E-state index < -0.39 is 0 Å². The molecule has 0 aliphatic heterocycles. The number of hydrogen-bond acceptors (Lipinski definition) is 7. The van der Waals surface area contributed by atoms with Gasteiger partial charge in [-0.25, -0.2) is 19.9 Å². The minimum atomic E-state index is 0.611. The first kappa shape index (κ1) is 31.7. The zero-order valence-corrected chi connectivity index (χ0v) is 29.8. The van der Waals surface area contributed by atoms with Crippen molar-refractivity contribution >= 4 is 38.5 Å². The Morgan fingerprint density at radius 1 is 0.375 bits per heavy atom. The first-order valence-electron chi connectivity index (χ1n) is 18.4. The maximum Gasteiger partial charge on any atom is 0.173 e. The number of hydrogen-bond donors (Lipinski definition) is 0. The van der Waals surface area contributed by atoms with E-state index in [9.17, 15) is 0 Å². The van der Waals surface area contributed by atoms with Gasteiger partial charge >= 0.3 is 0 Å². The highest BCUT2D eigenvalue weighted by Crippen LogP contribution is 2.38. The first-order chi connectivity index (χ1) is 27.7. The van der Waals surface area contributed by atoms with Crippen LogP contribution in [0.25, 0.3) is 107 Å². The third-order valence-corrected chi connectivity index (χ3v) is 10.2. The van der Waals surface area contributed by atoms with Crippen LogP contribution < -0.4 is 0 Å². The Balaban J connectivity index is 1.02. The van der Waals surface area contributed by atoms with Crippen LogP contribution in [0.4, 0.5) is 0 Å².